The molecule has 6 heteroatoms. The molecule has 122 valence electrons. The van der Waals surface area contributed by atoms with Crippen LogP contribution in [0.1, 0.15) is 15.9 Å². The van der Waals surface area contributed by atoms with Gasteiger partial charge in [-0.2, -0.15) is 0 Å². The Morgan fingerprint density at radius 3 is 2.38 bits per heavy atom. The zero-order valence-electron chi connectivity index (χ0n) is 13.0. The molecule has 0 saturated carbocycles. The van der Waals surface area contributed by atoms with Gasteiger partial charge in [-0.1, -0.05) is 48.0 Å². The largest absolute Gasteiger partial charge is 0.273 e. The molecule has 0 bridgehead atoms. The molecule has 0 fully saturated rings. The molecule has 0 radical (unpaired) electrons. The molecule has 0 saturated heterocycles. The Morgan fingerprint density at radius 1 is 0.875 bits per heavy atom. The number of carbonyl (C=O) groups excluding carboxylic acids is 1. The third-order valence-corrected chi connectivity index (χ3v) is 4.86. The number of aryl methyl sites for hydroxylation is 1. The highest BCUT2D eigenvalue weighted by Gasteiger charge is 2.16. The molecule has 0 aromatic heterocycles. The summed E-state index contributed by atoms with van der Waals surface area (Å²) in [6.45, 7) is 1.86. The van der Waals surface area contributed by atoms with E-state index in [0.29, 0.717) is 5.56 Å². The van der Waals surface area contributed by atoms with Crippen molar-refractivity contribution >= 4 is 26.7 Å². The van der Waals surface area contributed by atoms with Gasteiger partial charge < -0.3 is 0 Å². The molecule has 2 N–H and O–H groups in total. The van der Waals surface area contributed by atoms with Crippen LogP contribution in [-0.2, 0) is 10.0 Å². The molecule has 5 nitrogen and oxygen atoms in total. The van der Waals surface area contributed by atoms with Crippen LogP contribution >= 0.6 is 0 Å². The van der Waals surface area contributed by atoms with Gasteiger partial charge in [0.1, 0.15) is 0 Å². The molecule has 0 unspecified atom stereocenters. The normalized spacial score (nSPS) is 11.4. The van der Waals surface area contributed by atoms with Gasteiger partial charge in [0.15, 0.2) is 0 Å². The molecule has 0 spiro atoms. The number of hydrogen-bond donors (Lipinski definition) is 2. The maximum Gasteiger partial charge on any atom is 0.266 e. The summed E-state index contributed by atoms with van der Waals surface area (Å²) in [5, 5.41) is 1.76. The monoisotopic (exact) mass is 340 g/mol. The van der Waals surface area contributed by atoms with Crippen molar-refractivity contribution in [1.29, 1.82) is 0 Å². The van der Waals surface area contributed by atoms with Crippen LogP contribution in [0.5, 0.6) is 0 Å². The summed E-state index contributed by atoms with van der Waals surface area (Å²) in [5.74, 6) is -0.511. The summed E-state index contributed by atoms with van der Waals surface area (Å²) in [4.78, 5) is 14.3. The molecule has 0 heterocycles. The van der Waals surface area contributed by atoms with Crippen molar-refractivity contribution in [3.8, 4) is 0 Å². The summed E-state index contributed by atoms with van der Waals surface area (Å²) in [7, 11) is -3.85. The Balaban J connectivity index is 1.79. The van der Waals surface area contributed by atoms with Gasteiger partial charge in [-0.05, 0) is 42.0 Å². The first-order valence-corrected chi connectivity index (χ1v) is 8.82. The van der Waals surface area contributed by atoms with Crippen molar-refractivity contribution in [2.24, 2.45) is 0 Å². The zero-order chi connectivity index (χ0) is 17.2. The molecular weight excluding hydrogens is 324 g/mol. The number of carbonyl (C=O) groups is 1. The SMILES string of the molecule is Cc1cccc(C(=O)NNS(=O)(=O)c2ccc3ccccc3c2)c1. The van der Waals surface area contributed by atoms with Crippen LogP contribution in [0, 0.1) is 6.92 Å². The van der Waals surface area contributed by atoms with E-state index in [0.717, 1.165) is 16.3 Å². The molecule has 0 aliphatic carbocycles. The minimum absolute atomic E-state index is 0.0887. The Bertz CT molecular complexity index is 1010. The van der Waals surface area contributed by atoms with E-state index in [9.17, 15) is 13.2 Å². The fraction of sp³-hybridized carbons (Fsp3) is 0.0556. The third kappa shape index (κ3) is 3.45. The molecule has 24 heavy (non-hydrogen) atoms. The van der Waals surface area contributed by atoms with E-state index in [1.165, 1.54) is 6.07 Å². The predicted molar refractivity (Wildman–Crippen MR) is 92.9 cm³/mol. The fourth-order valence-electron chi connectivity index (χ4n) is 2.37. The van der Waals surface area contributed by atoms with Crippen molar-refractivity contribution < 1.29 is 13.2 Å². The first kappa shape index (κ1) is 16.2. The van der Waals surface area contributed by atoms with E-state index >= 15 is 0 Å². The second-order valence-electron chi connectivity index (χ2n) is 5.44. The Labute approximate surface area is 140 Å². The zero-order valence-corrected chi connectivity index (χ0v) is 13.8. The number of amides is 1. The fourth-order valence-corrected chi connectivity index (χ4v) is 3.24. The van der Waals surface area contributed by atoms with Crippen LogP contribution in [0.2, 0.25) is 0 Å². The number of nitrogens with one attached hydrogen (secondary N) is 2. The molecule has 3 aromatic rings. The number of fused-ring (bicyclic) bond motifs is 1. The van der Waals surface area contributed by atoms with Crippen LogP contribution in [0.3, 0.4) is 0 Å². The Morgan fingerprint density at radius 2 is 1.62 bits per heavy atom. The smallest absolute Gasteiger partial charge is 0.266 e. The topological polar surface area (TPSA) is 75.3 Å². The van der Waals surface area contributed by atoms with Crippen molar-refractivity contribution in [3.05, 3.63) is 77.9 Å². The highest BCUT2D eigenvalue weighted by molar-refractivity contribution is 7.89. The first-order valence-electron chi connectivity index (χ1n) is 7.33. The second-order valence-corrected chi connectivity index (χ2v) is 7.12. The number of hydrogen-bond acceptors (Lipinski definition) is 3. The highest BCUT2D eigenvalue weighted by Crippen LogP contribution is 2.18. The van der Waals surface area contributed by atoms with Crippen molar-refractivity contribution in [2.45, 2.75) is 11.8 Å². The van der Waals surface area contributed by atoms with Gasteiger partial charge in [0.2, 0.25) is 0 Å². The molecule has 3 rings (SSSR count). The number of benzene rings is 3. The summed E-state index contributed by atoms with van der Waals surface area (Å²) in [5.41, 5.74) is 3.54. The number of rotatable bonds is 4. The van der Waals surface area contributed by atoms with E-state index < -0.39 is 15.9 Å². The minimum atomic E-state index is -3.85. The maximum absolute atomic E-state index is 12.4. The van der Waals surface area contributed by atoms with Crippen molar-refractivity contribution in [1.82, 2.24) is 10.3 Å². The van der Waals surface area contributed by atoms with Gasteiger partial charge in [0, 0.05) is 5.56 Å². The van der Waals surface area contributed by atoms with Gasteiger partial charge in [-0.25, -0.2) is 8.42 Å². The first-order chi connectivity index (χ1) is 11.5. The van der Waals surface area contributed by atoms with Gasteiger partial charge in [-0.3, -0.25) is 10.2 Å². The van der Waals surface area contributed by atoms with Crippen molar-refractivity contribution in [2.75, 3.05) is 0 Å². The average molecular weight is 340 g/mol. The lowest BCUT2D eigenvalue weighted by molar-refractivity contribution is 0.0945. The van der Waals surface area contributed by atoms with E-state index in [1.807, 2.05) is 37.3 Å². The highest BCUT2D eigenvalue weighted by atomic mass is 32.2. The quantitative estimate of drug-likeness (QED) is 0.717. The van der Waals surface area contributed by atoms with Crippen molar-refractivity contribution in [3.63, 3.8) is 0 Å². The summed E-state index contributed by atoms with van der Waals surface area (Å²) >= 11 is 0. The van der Waals surface area contributed by atoms with Crippen LogP contribution in [0.4, 0.5) is 0 Å². The average Bonchev–Trinajstić information content (AvgIpc) is 2.59. The number of hydrazine groups is 1. The molecule has 0 aliphatic rings. The second kappa shape index (κ2) is 6.43. The maximum atomic E-state index is 12.4. The van der Waals surface area contributed by atoms with Crippen LogP contribution < -0.4 is 10.3 Å². The number of sulfonamides is 1. The minimum Gasteiger partial charge on any atom is -0.273 e. The van der Waals surface area contributed by atoms with Gasteiger partial charge in [0.05, 0.1) is 4.90 Å². The Hall–Kier alpha value is -2.70. The summed E-state index contributed by atoms with van der Waals surface area (Å²) in [6.07, 6.45) is 0. The van der Waals surface area contributed by atoms with E-state index in [2.05, 4.69) is 10.3 Å². The Kier molecular flexibility index (Phi) is 4.33. The van der Waals surface area contributed by atoms with E-state index in [4.69, 9.17) is 0 Å². The van der Waals surface area contributed by atoms with Crippen LogP contribution in [-0.4, -0.2) is 14.3 Å². The molecule has 1 amide bonds. The summed E-state index contributed by atoms with van der Waals surface area (Å²) in [6, 6.07) is 19.2. The van der Waals surface area contributed by atoms with Gasteiger partial charge in [0.25, 0.3) is 15.9 Å². The van der Waals surface area contributed by atoms with Gasteiger partial charge in [-0.15, -0.1) is 4.83 Å². The third-order valence-electron chi connectivity index (χ3n) is 3.61. The standard InChI is InChI=1S/C18H16N2O3S/c1-13-5-4-8-16(11-13)18(21)19-20-24(22,23)17-10-9-14-6-2-3-7-15(14)12-17/h2-12,20H,1H3,(H,19,21). The lowest BCUT2D eigenvalue weighted by Crippen LogP contribution is -2.41. The lowest BCUT2D eigenvalue weighted by atomic mass is 10.1. The molecular formula is C18H16N2O3S. The lowest BCUT2D eigenvalue weighted by Gasteiger charge is -2.09. The van der Waals surface area contributed by atoms with Gasteiger partial charge >= 0.3 is 0 Å². The molecule has 0 aliphatic heterocycles. The molecule has 0 atom stereocenters. The van der Waals surface area contributed by atoms with Crippen LogP contribution in [0.25, 0.3) is 10.8 Å². The summed E-state index contributed by atoms with van der Waals surface area (Å²) < 4.78 is 24.7. The predicted octanol–water partition coefficient (Wildman–Crippen LogP) is 2.77. The van der Waals surface area contributed by atoms with E-state index in [-0.39, 0.29) is 4.90 Å². The van der Waals surface area contributed by atoms with E-state index in [1.54, 1.807) is 30.3 Å². The molecule has 3 aromatic carbocycles. The van der Waals surface area contributed by atoms with Crippen LogP contribution in [0.15, 0.2) is 71.6 Å².